The molecule has 5 aromatic rings. The van der Waals surface area contributed by atoms with Crippen LogP contribution in [0.15, 0.2) is 43.4 Å². The normalized spacial score (nSPS) is 16.2. The van der Waals surface area contributed by atoms with Crippen LogP contribution in [0.2, 0.25) is 0 Å². The van der Waals surface area contributed by atoms with Crippen molar-refractivity contribution in [3.63, 3.8) is 0 Å². The molecular weight excluding hydrogens is 464 g/mol. The van der Waals surface area contributed by atoms with Gasteiger partial charge in [-0.25, -0.2) is 24.6 Å². The summed E-state index contributed by atoms with van der Waals surface area (Å²) < 4.78 is 11.1. The van der Waals surface area contributed by atoms with Crippen LogP contribution in [0.1, 0.15) is 0 Å². The first-order valence-corrected chi connectivity index (χ1v) is 11.5. The molecule has 14 heteroatoms. The summed E-state index contributed by atoms with van der Waals surface area (Å²) in [5.74, 6) is 0.636. The Kier molecular flexibility index (Phi) is 5.79. The van der Waals surface area contributed by atoms with Gasteiger partial charge in [0.15, 0.2) is 5.65 Å². The molecule has 1 aliphatic heterocycles. The van der Waals surface area contributed by atoms with Crippen molar-refractivity contribution in [2.45, 2.75) is 19.2 Å². The van der Waals surface area contributed by atoms with Gasteiger partial charge in [-0.2, -0.15) is 10.2 Å². The molecular formula is C22H24N12O2. The first kappa shape index (κ1) is 22.2. The minimum Gasteiger partial charge on any atom is -0.394 e. The molecule has 1 unspecified atom stereocenters. The zero-order valence-electron chi connectivity index (χ0n) is 19.6. The van der Waals surface area contributed by atoms with Gasteiger partial charge < -0.3 is 14.7 Å². The molecule has 6 heterocycles. The topological polar surface area (TPSA) is 151 Å². The Bertz CT molecular complexity index is 1470. The monoisotopic (exact) mass is 488 g/mol. The number of hydrogen-bond acceptors (Lipinski definition) is 11. The van der Waals surface area contributed by atoms with Crippen molar-refractivity contribution >= 4 is 17.2 Å². The predicted molar refractivity (Wildman–Crippen MR) is 128 cm³/mol. The van der Waals surface area contributed by atoms with E-state index in [0.29, 0.717) is 55.7 Å². The molecule has 184 valence electrons. The number of ether oxygens (including phenoxy) is 1. The molecule has 0 saturated carbocycles. The van der Waals surface area contributed by atoms with E-state index in [4.69, 9.17) is 14.8 Å². The number of aryl methyl sites for hydroxylation is 1. The first-order valence-electron chi connectivity index (χ1n) is 11.5. The van der Waals surface area contributed by atoms with Gasteiger partial charge in [0.2, 0.25) is 11.6 Å². The van der Waals surface area contributed by atoms with E-state index in [1.807, 2.05) is 19.4 Å². The van der Waals surface area contributed by atoms with E-state index < -0.39 is 0 Å². The van der Waals surface area contributed by atoms with Gasteiger partial charge in [-0.3, -0.25) is 9.36 Å². The van der Waals surface area contributed by atoms with Gasteiger partial charge in [-0.15, -0.1) is 5.10 Å². The molecule has 1 aliphatic rings. The summed E-state index contributed by atoms with van der Waals surface area (Å²) >= 11 is 0. The average Bonchev–Trinajstić information content (AvgIpc) is 3.65. The Labute approximate surface area is 205 Å². The third kappa shape index (κ3) is 4.38. The van der Waals surface area contributed by atoms with Gasteiger partial charge in [0.25, 0.3) is 0 Å². The number of rotatable bonds is 7. The number of fused-ring (bicyclic) bond motifs is 1. The molecule has 1 fully saturated rings. The third-order valence-corrected chi connectivity index (χ3v) is 5.96. The lowest BCUT2D eigenvalue weighted by Gasteiger charge is -2.32. The Morgan fingerprint density at radius 1 is 1.00 bits per heavy atom. The minimum atomic E-state index is -0.146. The maximum Gasteiger partial charge on any atom is 0.225 e. The number of aromatic nitrogens is 11. The van der Waals surface area contributed by atoms with Crippen molar-refractivity contribution in [1.82, 2.24) is 54.5 Å². The maximum atomic E-state index is 9.07. The lowest BCUT2D eigenvalue weighted by atomic mass is 10.2. The van der Waals surface area contributed by atoms with E-state index >= 15 is 0 Å². The molecule has 0 bridgehead atoms. The van der Waals surface area contributed by atoms with E-state index in [9.17, 15) is 0 Å². The van der Waals surface area contributed by atoms with Crippen LogP contribution in [-0.4, -0.2) is 92.0 Å². The zero-order valence-corrected chi connectivity index (χ0v) is 19.6. The molecule has 0 aliphatic carbocycles. The van der Waals surface area contributed by atoms with Gasteiger partial charge in [0.05, 0.1) is 56.7 Å². The fourth-order valence-corrected chi connectivity index (χ4v) is 4.15. The van der Waals surface area contributed by atoms with Gasteiger partial charge in [-0.1, -0.05) is 5.21 Å². The molecule has 0 spiro atoms. The second-order valence-electron chi connectivity index (χ2n) is 8.50. The Balaban J connectivity index is 1.16. The van der Waals surface area contributed by atoms with Crippen LogP contribution in [-0.2, 0) is 24.9 Å². The number of aliphatic hydroxyl groups is 1. The van der Waals surface area contributed by atoms with Crippen LogP contribution >= 0.6 is 0 Å². The molecule has 6 rings (SSSR count). The molecule has 14 nitrogen and oxygen atoms in total. The summed E-state index contributed by atoms with van der Waals surface area (Å²) in [4.78, 5) is 20.4. The van der Waals surface area contributed by atoms with E-state index in [0.717, 1.165) is 16.7 Å². The van der Waals surface area contributed by atoms with E-state index in [1.165, 1.54) is 0 Å². The molecule has 5 aromatic heterocycles. The number of anilines is 1. The van der Waals surface area contributed by atoms with Crippen LogP contribution in [0, 0.1) is 0 Å². The lowest BCUT2D eigenvalue weighted by molar-refractivity contribution is 0.0273. The van der Waals surface area contributed by atoms with Crippen LogP contribution < -0.4 is 4.90 Å². The molecule has 1 atom stereocenters. The number of nitrogens with zero attached hydrogens (tertiary/aromatic N) is 12. The quantitative estimate of drug-likeness (QED) is 0.334. The van der Waals surface area contributed by atoms with Crippen molar-refractivity contribution in [1.29, 1.82) is 0 Å². The standard InChI is InChI=1S/C22H24N12O2/c1-31-11-17(9-26-31)19-10-23-20-21(28-19)34(30-29-20)14-18-13-32(3-5-36-18)22-24-6-15(7-25-22)16-8-27-33(12-16)2-4-35/h6-12,18,35H,2-5,13-14H2,1H3. The minimum absolute atomic E-state index is 0.0391. The van der Waals surface area contributed by atoms with Gasteiger partial charge in [0, 0.05) is 61.6 Å². The Morgan fingerprint density at radius 3 is 2.67 bits per heavy atom. The second-order valence-corrected chi connectivity index (χ2v) is 8.50. The van der Waals surface area contributed by atoms with Crippen molar-refractivity contribution < 1.29 is 9.84 Å². The van der Waals surface area contributed by atoms with E-state index in [1.54, 1.807) is 45.0 Å². The highest BCUT2D eigenvalue weighted by molar-refractivity contribution is 5.69. The number of aliphatic hydroxyl groups excluding tert-OH is 1. The highest BCUT2D eigenvalue weighted by Crippen LogP contribution is 2.21. The highest BCUT2D eigenvalue weighted by atomic mass is 16.5. The van der Waals surface area contributed by atoms with Crippen molar-refractivity contribution in [3.8, 4) is 22.4 Å². The second kappa shape index (κ2) is 9.39. The zero-order chi connectivity index (χ0) is 24.5. The number of morpholine rings is 1. The maximum absolute atomic E-state index is 9.07. The van der Waals surface area contributed by atoms with Crippen LogP contribution in [0.5, 0.6) is 0 Å². The number of hydrogen-bond donors (Lipinski definition) is 1. The summed E-state index contributed by atoms with van der Waals surface area (Å²) in [6.45, 7) is 2.80. The highest BCUT2D eigenvalue weighted by Gasteiger charge is 2.24. The molecule has 36 heavy (non-hydrogen) atoms. The molecule has 1 N–H and O–H groups in total. The van der Waals surface area contributed by atoms with Crippen molar-refractivity contribution in [3.05, 3.63) is 43.4 Å². The first-order chi connectivity index (χ1) is 17.7. The van der Waals surface area contributed by atoms with Gasteiger partial charge in [-0.05, 0) is 0 Å². The van der Waals surface area contributed by atoms with E-state index in [2.05, 4.69) is 40.4 Å². The fraction of sp³-hybridized carbons (Fsp3) is 0.364. The van der Waals surface area contributed by atoms with Gasteiger partial charge >= 0.3 is 0 Å². The molecule has 0 amide bonds. The summed E-state index contributed by atoms with van der Waals surface area (Å²) in [5.41, 5.74) is 4.43. The lowest BCUT2D eigenvalue weighted by Crippen LogP contribution is -2.45. The predicted octanol–water partition coefficient (Wildman–Crippen LogP) is 0.173. The van der Waals surface area contributed by atoms with Crippen LogP contribution in [0.25, 0.3) is 33.7 Å². The third-order valence-electron chi connectivity index (χ3n) is 5.96. The Hall–Kier alpha value is -4.30. The SMILES string of the molecule is Cn1cc(-c2cnc3nnn(CC4CN(c5ncc(-c6cnn(CCO)c6)cn5)CCO4)c3n2)cn1. The molecule has 1 saturated heterocycles. The summed E-state index contributed by atoms with van der Waals surface area (Å²) in [5, 5.41) is 25.9. The summed E-state index contributed by atoms with van der Waals surface area (Å²) in [6.07, 6.45) is 12.3. The van der Waals surface area contributed by atoms with E-state index in [-0.39, 0.29) is 12.7 Å². The van der Waals surface area contributed by atoms with Crippen molar-refractivity contribution in [2.24, 2.45) is 7.05 Å². The molecule has 0 radical (unpaired) electrons. The average molecular weight is 489 g/mol. The van der Waals surface area contributed by atoms with Crippen LogP contribution in [0.4, 0.5) is 5.95 Å². The smallest absolute Gasteiger partial charge is 0.225 e. The largest absolute Gasteiger partial charge is 0.394 e. The van der Waals surface area contributed by atoms with Crippen molar-refractivity contribution in [2.75, 3.05) is 31.2 Å². The fourth-order valence-electron chi connectivity index (χ4n) is 4.15. The Morgan fingerprint density at radius 2 is 1.86 bits per heavy atom. The summed E-state index contributed by atoms with van der Waals surface area (Å²) in [7, 11) is 1.86. The van der Waals surface area contributed by atoms with Gasteiger partial charge in [0.1, 0.15) is 0 Å². The molecule has 0 aromatic carbocycles. The van der Waals surface area contributed by atoms with Crippen LogP contribution in [0.3, 0.4) is 0 Å². The summed E-state index contributed by atoms with van der Waals surface area (Å²) in [6, 6.07) is 0.